The predicted octanol–water partition coefficient (Wildman–Crippen LogP) is 4.55. The molecule has 4 heteroatoms. The summed E-state index contributed by atoms with van der Waals surface area (Å²) < 4.78 is 5.16. The van der Waals surface area contributed by atoms with Crippen LogP contribution in [0.4, 0.5) is 0 Å². The molecule has 1 aromatic heterocycles. The maximum atomic E-state index is 12.6. The highest BCUT2D eigenvalue weighted by Crippen LogP contribution is 2.22. The van der Waals surface area contributed by atoms with Gasteiger partial charge in [-0.1, -0.05) is 57.1 Å². The monoisotopic (exact) mass is 314 g/mol. The second-order valence-corrected chi connectivity index (χ2v) is 6.17. The molecule has 23 heavy (non-hydrogen) atoms. The van der Waals surface area contributed by atoms with Crippen LogP contribution in [0.25, 0.3) is 0 Å². The van der Waals surface area contributed by atoms with E-state index >= 15 is 0 Å². The van der Waals surface area contributed by atoms with E-state index in [1.54, 1.807) is 6.92 Å². The smallest absolute Gasteiger partial charge is 0.257 e. The van der Waals surface area contributed by atoms with Crippen molar-refractivity contribution in [3.63, 3.8) is 0 Å². The number of carbonyl (C=O) groups excluding carboxylic acids is 1. The lowest BCUT2D eigenvalue weighted by Gasteiger charge is -2.18. The predicted molar refractivity (Wildman–Crippen MR) is 91.6 cm³/mol. The lowest BCUT2D eigenvalue weighted by atomic mass is 9.97. The number of hydrogen-bond donors (Lipinski definition) is 1. The summed E-state index contributed by atoms with van der Waals surface area (Å²) >= 11 is 0. The van der Waals surface area contributed by atoms with Gasteiger partial charge in [0.2, 0.25) is 0 Å². The Bertz CT molecular complexity index is 657. The van der Waals surface area contributed by atoms with Crippen LogP contribution in [0, 0.1) is 6.92 Å². The highest BCUT2D eigenvalue weighted by atomic mass is 16.5. The van der Waals surface area contributed by atoms with Gasteiger partial charge in [0.25, 0.3) is 5.91 Å². The first-order valence-corrected chi connectivity index (χ1v) is 8.33. The van der Waals surface area contributed by atoms with Gasteiger partial charge in [-0.05, 0) is 36.8 Å². The Balaban J connectivity index is 2.18. The van der Waals surface area contributed by atoms with Crippen molar-refractivity contribution in [3.8, 4) is 0 Å². The van der Waals surface area contributed by atoms with E-state index in [0.29, 0.717) is 29.4 Å². The SMILES string of the molecule is CCc1noc(C)c1C(=O)N[C@@H](CC)c1ccc(C(C)C)cc1. The third-order valence-corrected chi connectivity index (χ3v) is 4.21. The van der Waals surface area contributed by atoms with Crippen molar-refractivity contribution in [1.82, 2.24) is 10.5 Å². The summed E-state index contributed by atoms with van der Waals surface area (Å²) in [6, 6.07) is 8.46. The zero-order valence-electron chi connectivity index (χ0n) is 14.6. The molecule has 1 N–H and O–H groups in total. The van der Waals surface area contributed by atoms with Gasteiger partial charge in [0.15, 0.2) is 0 Å². The lowest BCUT2D eigenvalue weighted by Crippen LogP contribution is -2.29. The molecule has 1 amide bonds. The minimum atomic E-state index is -0.111. The highest BCUT2D eigenvalue weighted by Gasteiger charge is 2.22. The molecule has 124 valence electrons. The van der Waals surface area contributed by atoms with Gasteiger partial charge in [0.1, 0.15) is 11.3 Å². The van der Waals surface area contributed by atoms with Crippen molar-refractivity contribution in [2.45, 2.75) is 59.4 Å². The van der Waals surface area contributed by atoms with E-state index in [-0.39, 0.29) is 11.9 Å². The van der Waals surface area contributed by atoms with Gasteiger partial charge in [-0.15, -0.1) is 0 Å². The van der Waals surface area contributed by atoms with Crippen LogP contribution in [0.2, 0.25) is 0 Å². The molecule has 0 bridgehead atoms. The molecule has 0 aliphatic heterocycles. The van der Waals surface area contributed by atoms with E-state index in [0.717, 1.165) is 12.0 Å². The topological polar surface area (TPSA) is 55.1 Å². The molecule has 0 radical (unpaired) electrons. The van der Waals surface area contributed by atoms with Crippen molar-refractivity contribution in [1.29, 1.82) is 0 Å². The fraction of sp³-hybridized carbons (Fsp3) is 0.474. The van der Waals surface area contributed by atoms with E-state index < -0.39 is 0 Å². The van der Waals surface area contributed by atoms with Crippen LogP contribution in [0.5, 0.6) is 0 Å². The molecule has 1 aromatic carbocycles. The largest absolute Gasteiger partial charge is 0.361 e. The first-order chi connectivity index (χ1) is 11.0. The van der Waals surface area contributed by atoms with Crippen LogP contribution in [-0.4, -0.2) is 11.1 Å². The Kier molecular flexibility index (Phi) is 5.59. The summed E-state index contributed by atoms with van der Waals surface area (Å²) in [5.74, 6) is 0.968. The van der Waals surface area contributed by atoms with E-state index in [1.807, 2.05) is 6.92 Å². The molecule has 0 saturated heterocycles. The number of amides is 1. The van der Waals surface area contributed by atoms with Crippen LogP contribution in [-0.2, 0) is 6.42 Å². The maximum Gasteiger partial charge on any atom is 0.257 e. The van der Waals surface area contributed by atoms with Gasteiger partial charge >= 0.3 is 0 Å². The molecule has 2 rings (SSSR count). The van der Waals surface area contributed by atoms with Gasteiger partial charge in [0, 0.05) is 0 Å². The fourth-order valence-corrected chi connectivity index (χ4v) is 2.72. The number of nitrogens with one attached hydrogen (secondary N) is 1. The normalized spacial score (nSPS) is 12.4. The molecule has 2 aromatic rings. The minimum absolute atomic E-state index is 0.0114. The van der Waals surface area contributed by atoms with E-state index in [4.69, 9.17) is 4.52 Å². The molecule has 4 nitrogen and oxygen atoms in total. The first-order valence-electron chi connectivity index (χ1n) is 8.33. The van der Waals surface area contributed by atoms with Crippen LogP contribution >= 0.6 is 0 Å². The molecule has 0 unspecified atom stereocenters. The summed E-state index contributed by atoms with van der Waals surface area (Å²) in [4.78, 5) is 12.6. The summed E-state index contributed by atoms with van der Waals surface area (Å²) in [5, 5.41) is 7.07. The summed E-state index contributed by atoms with van der Waals surface area (Å²) in [5.41, 5.74) is 3.71. The molecule has 0 aliphatic rings. The Labute approximate surface area is 138 Å². The quantitative estimate of drug-likeness (QED) is 0.851. The first kappa shape index (κ1) is 17.3. The average Bonchev–Trinajstić information content (AvgIpc) is 2.93. The maximum absolute atomic E-state index is 12.6. The van der Waals surface area contributed by atoms with Gasteiger partial charge in [-0.25, -0.2) is 0 Å². The van der Waals surface area contributed by atoms with Crippen molar-refractivity contribution < 1.29 is 9.32 Å². The van der Waals surface area contributed by atoms with Crippen molar-refractivity contribution in [3.05, 3.63) is 52.4 Å². The zero-order chi connectivity index (χ0) is 17.0. The molecule has 0 spiro atoms. The number of rotatable bonds is 6. The summed E-state index contributed by atoms with van der Waals surface area (Å²) in [6.07, 6.45) is 1.51. The Morgan fingerprint density at radius 3 is 2.30 bits per heavy atom. The Morgan fingerprint density at radius 2 is 1.78 bits per heavy atom. The van der Waals surface area contributed by atoms with Crippen LogP contribution in [0.1, 0.15) is 79.0 Å². The third kappa shape index (κ3) is 3.81. The molecule has 0 saturated carbocycles. The zero-order valence-corrected chi connectivity index (χ0v) is 14.6. The molecular weight excluding hydrogens is 288 g/mol. The van der Waals surface area contributed by atoms with Gasteiger partial charge in [-0.2, -0.15) is 0 Å². The highest BCUT2D eigenvalue weighted by molar-refractivity contribution is 5.96. The number of nitrogens with zero attached hydrogens (tertiary/aromatic N) is 1. The second-order valence-electron chi connectivity index (χ2n) is 6.17. The number of carbonyl (C=O) groups is 1. The number of benzene rings is 1. The molecule has 1 atom stereocenters. The van der Waals surface area contributed by atoms with E-state index in [9.17, 15) is 4.79 Å². The van der Waals surface area contributed by atoms with E-state index in [2.05, 4.69) is 55.5 Å². The number of hydrogen-bond acceptors (Lipinski definition) is 3. The van der Waals surface area contributed by atoms with Crippen LogP contribution in [0.15, 0.2) is 28.8 Å². The Morgan fingerprint density at radius 1 is 1.17 bits per heavy atom. The van der Waals surface area contributed by atoms with Crippen LogP contribution < -0.4 is 5.32 Å². The summed E-state index contributed by atoms with van der Waals surface area (Å²) in [6.45, 7) is 10.2. The van der Waals surface area contributed by atoms with Gasteiger partial charge in [0.05, 0.1) is 11.7 Å². The van der Waals surface area contributed by atoms with Crippen LogP contribution in [0.3, 0.4) is 0 Å². The fourth-order valence-electron chi connectivity index (χ4n) is 2.72. The average molecular weight is 314 g/mol. The standard InChI is InChI=1S/C19H26N2O2/c1-6-16(15-10-8-14(9-11-15)12(3)4)20-19(22)18-13(5)23-21-17(18)7-2/h8-12,16H,6-7H2,1-5H3,(H,20,22)/t16-/m0/s1. The molecule has 0 aliphatic carbocycles. The van der Waals surface area contributed by atoms with Crippen molar-refractivity contribution >= 4 is 5.91 Å². The van der Waals surface area contributed by atoms with Gasteiger partial charge < -0.3 is 9.84 Å². The third-order valence-electron chi connectivity index (χ3n) is 4.21. The lowest BCUT2D eigenvalue weighted by molar-refractivity contribution is 0.0933. The Hall–Kier alpha value is -2.10. The number of aryl methyl sites for hydroxylation is 2. The molecular formula is C19H26N2O2. The second kappa shape index (κ2) is 7.44. The molecule has 0 fully saturated rings. The van der Waals surface area contributed by atoms with Crippen molar-refractivity contribution in [2.75, 3.05) is 0 Å². The van der Waals surface area contributed by atoms with Crippen molar-refractivity contribution in [2.24, 2.45) is 0 Å². The molecule has 1 heterocycles. The van der Waals surface area contributed by atoms with E-state index in [1.165, 1.54) is 5.56 Å². The minimum Gasteiger partial charge on any atom is -0.361 e. The number of aromatic nitrogens is 1. The van der Waals surface area contributed by atoms with Gasteiger partial charge in [-0.3, -0.25) is 4.79 Å². The summed E-state index contributed by atoms with van der Waals surface area (Å²) in [7, 11) is 0.